The van der Waals surface area contributed by atoms with Crippen LogP contribution in [-0.2, 0) is 6.54 Å². The molecule has 0 saturated carbocycles. The summed E-state index contributed by atoms with van der Waals surface area (Å²) in [6.07, 6.45) is 10.5. The van der Waals surface area contributed by atoms with Crippen LogP contribution in [0.5, 0.6) is 0 Å². The van der Waals surface area contributed by atoms with Crippen molar-refractivity contribution in [1.82, 2.24) is 20.2 Å². The summed E-state index contributed by atoms with van der Waals surface area (Å²) in [5, 5.41) is 6.70. The molecular weight excluding hydrogens is 389 g/mol. The zero-order valence-corrected chi connectivity index (χ0v) is 16.5. The fourth-order valence-corrected chi connectivity index (χ4v) is 2.09. The van der Waals surface area contributed by atoms with Crippen molar-refractivity contribution in [3.05, 3.63) is 18.7 Å². The van der Waals surface area contributed by atoms with Gasteiger partial charge in [0.15, 0.2) is 5.96 Å². The van der Waals surface area contributed by atoms with Gasteiger partial charge in [-0.15, -0.1) is 24.0 Å². The molecule has 0 aliphatic heterocycles. The Labute approximate surface area is 152 Å². The molecule has 0 amide bonds. The van der Waals surface area contributed by atoms with E-state index in [0.29, 0.717) is 0 Å². The van der Waals surface area contributed by atoms with Gasteiger partial charge in [-0.25, -0.2) is 4.98 Å². The molecule has 0 aliphatic carbocycles. The van der Waals surface area contributed by atoms with Crippen molar-refractivity contribution in [2.24, 2.45) is 10.9 Å². The third-order valence-corrected chi connectivity index (χ3v) is 3.25. The average Bonchev–Trinajstić information content (AvgIpc) is 2.96. The Morgan fingerprint density at radius 1 is 1.23 bits per heavy atom. The molecule has 1 rings (SSSR count). The molecule has 0 bridgehead atoms. The van der Waals surface area contributed by atoms with Crippen LogP contribution in [0.2, 0.25) is 0 Å². The highest BCUT2D eigenvalue weighted by molar-refractivity contribution is 14.0. The van der Waals surface area contributed by atoms with Gasteiger partial charge in [0.1, 0.15) is 0 Å². The number of imidazole rings is 1. The minimum Gasteiger partial charge on any atom is -0.357 e. The van der Waals surface area contributed by atoms with Gasteiger partial charge in [0, 0.05) is 38.6 Å². The Morgan fingerprint density at radius 2 is 2.05 bits per heavy atom. The standard InChI is InChI=1S/C16H31N5.HI/c1-4-18-16(19-9-6-5-8-15(2)3)20-10-7-12-21-13-11-17-14-21;/h11,13-15H,4-10,12H2,1-3H3,(H2,18,19,20);1H. The van der Waals surface area contributed by atoms with E-state index in [2.05, 4.69) is 45.9 Å². The van der Waals surface area contributed by atoms with Crippen molar-refractivity contribution in [2.75, 3.05) is 19.6 Å². The lowest BCUT2D eigenvalue weighted by Gasteiger charge is -2.11. The molecule has 0 aromatic carbocycles. The van der Waals surface area contributed by atoms with Gasteiger partial charge in [-0.3, -0.25) is 4.99 Å². The van der Waals surface area contributed by atoms with E-state index in [-0.39, 0.29) is 24.0 Å². The highest BCUT2D eigenvalue weighted by atomic mass is 127. The van der Waals surface area contributed by atoms with Crippen LogP contribution < -0.4 is 10.6 Å². The molecule has 0 spiro atoms. The minimum atomic E-state index is 0. The first-order valence-electron chi connectivity index (χ1n) is 8.20. The van der Waals surface area contributed by atoms with E-state index in [1.165, 1.54) is 19.3 Å². The first kappa shape index (κ1) is 21.2. The third-order valence-electron chi connectivity index (χ3n) is 3.25. The van der Waals surface area contributed by atoms with E-state index in [9.17, 15) is 0 Å². The number of aliphatic imine (C=N–C) groups is 1. The van der Waals surface area contributed by atoms with Crippen LogP contribution in [0.4, 0.5) is 0 Å². The number of halogens is 1. The fraction of sp³-hybridized carbons (Fsp3) is 0.750. The number of guanidine groups is 1. The van der Waals surface area contributed by atoms with Gasteiger partial charge in [-0.1, -0.05) is 26.7 Å². The topological polar surface area (TPSA) is 54.2 Å². The van der Waals surface area contributed by atoms with Crippen LogP contribution in [0, 0.1) is 5.92 Å². The number of nitrogens with zero attached hydrogens (tertiary/aromatic N) is 3. The van der Waals surface area contributed by atoms with Gasteiger partial charge in [-0.2, -0.15) is 0 Å². The van der Waals surface area contributed by atoms with Gasteiger partial charge in [0.25, 0.3) is 0 Å². The van der Waals surface area contributed by atoms with Gasteiger partial charge in [0.2, 0.25) is 0 Å². The number of unbranched alkanes of at least 4 members (excludes halogenated alkanes) is 1. The minimum absolute atomic E-state index is 0. The molecule has 0 fully saturated rings. The van der Waals surface area contributed by atoms with Crippen LogP contribution in [0.25, 0.3) is 0 Å². The van der Waals surface area contributed by atoms with Gasteiger partial charge >= 0.3 is 0 Å². The summed E-state index contributed by atoms with van der Waals surface area (Å²) in [5.41, 5.74) is 0. The second-order valence-electron chi connectivity index (χ2n) is 5.73. The molecule has 128 valence electrons. The molecule has 22 heavy (non-hydrogen) atoms. The van der Waals surface area contributed by atoms with E-state index >= 15 is 0 Å². The predicted octanol–water partition coefficient (Wildman–Crippen LogP) is 3.27. The van der Waals surface area contributed by atoms with Gasteiger partial charge in [-0.05, 0) is 25.7 Å². The van der Waals surface area contributed by atoms with E-state index in [1.54, 1.807) is 0 Å². The monoisotopic (exact) mass is 421 g/mol. The highest BCUT2D eigenvalue weighted by Gasteiger charge is 1.98. The summed E-state index contributed by atoms with van der Waals surface area (Å²) in [4.78, 5) is 8.64. The fourth-order valence-electron chi connectivity index (χ4n) is 2.09. The second-order valence-corrected chi connectivity index (χ2v) is 5.73. The molecule has 5 nitrogen and oxygen atoms in total. The summed E-state index contributed by atoms with van der Waals surface area (Å²) < 4.78 is 2.09. The number of nitrogens with one attached hydrogen (secondary N) is 2. The number of rotatable bonds is 10. The van der Waals surface area contributed by atoms with Crippen LogP contribution in [0.1, 0.15) is 46.5 Å². The van der Waals surface area contributed by atoms with E-state index in [4.69, 9.17) is 0 Å². The molecule has 0 unspecified atom stereocenters. The Bertz CT molecular complexity index is 376. The Morgan fingerprint density at radius 3 is 2.68 bits per heavy atom. The number of hydrogen-bond acceptors (Lipinski definition) is 2. The third kappa shape index (κ3) is 10.9. The quantitative estimate of drug-likeness (QED) is 0.264. The maximum atomic E-state index is 4.61. The van der Waals surface area contributed by atoms with E-state index < -0.39 is 0 Å². The Balaban J connectivity index is 0.00000441. The zero-order chi connectivity index (χ0) is 15.3. The summed E-state index contributed by atoms with van der Waals surface area (Å²) in [5.74, 6) is 1.74. The first-order valence-corrected chi connectivity index (χ1v) is 8.20. The SMILES string of the molecule is CCNC(=NCCCn1ccnc1)NCCCCC(C)C.I. The number of aryl methyl sites for hydroxylation is 1. The molecule has 6 heteroatoms. The summed E-state index contributed by atoms with van der Waals surface area (Å²) >= 11 is 0. The maximum Gasteiger partial charge on any atom is 0.191 e. The number of aromatic nitrogens is 2. The molecular formula is C16H32IN5. The van der Waals surface area contributed by atoms with Gasteiger partial charge in [0.05, 0.1) is 6.33 Å². The zero-order valence-electron chi connectivity index (χ0n) is 14.2. The Hall–Kier alpha value is -0.790. The molecule has 0 atom stereocenters. The van der Waals surface area contributed by atoms with Crippen LogP contribution >= 0.6 is 24.0 Å². The van der Waals surface area contributed by atoms with Crippen LogP contribution in [-0.4, -0.2) is 35.1 Å². The highest BCUT2D eigenvalue weighted by Crippen LogP contribution is 2.04. The van der Waals surface area contributed by atoms with Crippen molar-refractivity contribution >= 4 is 29.9 Å². The average molecular weight is 421 g/mol. The summed E-state index contributed by atoms with van der Waals surface area (Å²) in [7, 11) is 0. The van der Waals surface area contributed by atoms with Crippen molar-refractivity contribution in [3.63, 3.8) is 0 Å². The lowest BCUT2D eigenvalue weighted by Crippen LogP contribution is -2.37. The molecule has 0 aliphatic rings. The van der Waals surface area contributed by atoms with Crippen LogP contribution in [0.3, 0.4) is 0 Å². The molecule has 0 radical (unpaired) electrons. The van der Waals surface area contributed by atoms with Gasteiger partial charge < -0.3 is 15.2 Å². The molecule has 1 heterocycles. The first-order chi connectivity index (χ1) is 10.2. The maximum absolute atomic E-state index is 4.61. The Kier molecular flexibility index (Phi) is 13.3. The molecule has 1 aromatic rings. The normalized spacial score (nSPS) is 11.4. The molecule has 0 saturated heterocycles. The van der Waals surface area contributed by atoms with Crippen molar-refractivity contribution in [2.45, 2.75) is 53.0 Å². The summed E-state index contributed by atoms with van der Waals surface area (Å²) in [6, 6.07) is 0. The predicted molar refractivity (Wildman–Crippen MR) is 105 cm³/mol. The largest absolute Gasteiger partial charge is 0.357 e. The van der Waals surface area contributed by atoms with Crippen molar-refractivity contribution in [1.29, 1.82) is 0 Å². The molecule has 1 aromatic heterocycles. The van der Waals surface area contributed by atoms with Crippen LogP contribution in [0.15, 0.2) is 23.7 Å². The van der Waals surface area contributed by atoms with Crippen molar-refractivity contribution in [3.8, 4) is 0 Å². The summed E-state index contributed by atoms with van der Waals surface area (Å²) in [6.45, 7) is 10.4. The lowest BCUT2D eigenvalue weighted by atomic mass is 10.1. The number of hydrogen-bond donors (Lipinski definition) is 2. The van der Waals surface area contributed by atoms with E-state index in [1.807, 2.05) is 18.7 Å². The second kappa shape index (κ2) is 13.8. The van der Waals surface area contributed by atoms with E-state index in [0.717, 1.165) is 44.5 Å². The van der Waals surface area contributed by atoms with Crippen molar-refractivity contribution < 1.29 is 0 Å². The lowest BCUT2D eigenvalue weighted by molar-refractivity contribution is 0.534. The molecule has 2 N–H and O–H groups in total. The smallest absolute Gasteiger partial charge is 0.191 e.